The Bertz CT molecular complexity index is 1690. The quantitative estimate of drug-likeness (QED) is 0.346. The number of urea groups is 1. The van der Waals surface area contributed by atoms with E-state index in [0.29, 0.717) is 44.0 Å². The normalized spacial score (nSPS) is 20.6. The number of nitrogens with one attached hydrogen (secondary N) is 2. The molecule has 3 aromatic carbocycles. The number of aryl methyl sites for hydroxylation is 1. The van der Waals surface area contributed by atoms with Crippen LogP contribution in [-0.4, -0.2) is 78.1 Å². The third-order valence-electron chi connectivity index (χ3n) is 8.74. The van der Waals surface area contributed by atoms with Crippen molar-refractivity contribution in [2.45, 2.75) is 25.4 Å². The van der Waals surface area contributed by atoms with Gasteiger partial charge in [-0.1, -0.05) is 54.6 Å². The van der Waals surface area contributed by atoms with Crippen molar-refractivity contribution in [1.82, 2.24) is 20.1 Å². The molecule has 0 unspecified atom stereocenters. The second kappa shape index (κ2) is 10.7. The Labute approximate surface area is 244 Å². The molecule has 3 aliphatic rings. The average molecular weight is 564 g/mol. The third-order valence-corrected chi connectivity index (χ3v) is 8.74. The zero-order chi connectivity index (χ0) is 28.8. The van der Waals surface area contributed by atoms with Crippen molar-refractivity contribution in [1.29, 1.82) is 0 Å². The first kappa shape index (κ1) is 26.4. The van der Waals surface area contributed by atoms with E-state index < -0.39 is 18.1 Å². The molecule has 0 aliphatic carbocycles. The Kier molecular flexibility index (Phi) is 6.76. The number of carbonyl (C=O) groups is 3. The number of benzene rings is 3. The SMILES string of the molecule is Cc1ccccc1[C@H]1c2[nH]c3ccccc3c2C[C@H]2C(=O)N(c3ccccc3C(=O)NCCN3CCOCC3)C(=O)N12. The van der Waals surface area contributed by atoms with Crippen LogP contribution in [0.3, 0.4) is 0 Å². The highest BCUT2D eigenvalue weighted by Gasteiger charge is 2.53. The summed E-state index contributed by atoms with van der Waals surface area (Å²) in [5.41, 5.74) is 5.58. The van der Waals surface area contributed by atoms with E-state index in [1.807, 2.05) is 49.4 Å². The van der Waals surface area contributed by atoms with Gasteiger partial charge in [-0.3, -0.25) is 19.4 Å². The molecule has 0 spiro atoms. The summed E-state index contributed by atoms with van der Waals surface area (Å²) in [7, 11) is 0. The monoisotopic (exact) mass is 563 g/mol. The van der Waals surface area contributed by atoms with Crippen molar-refractivity contribution in [3.63, 3.8) is 0 Å². The van der Waals surface area contributed by atoms with Gasteiger partial charge in [0.1, 0.15) is 12.1 Å². The van der Waals surface area contributed by atoms with Gasteiger partial charge in [0, 0.05) is 49.2 Å². The first-order chi connectivity index (χ1) is 20.5. The molecule has 2 saturated heterocycles. The van der Waals surface area contributed by atoms with Crippen LogP contribution in [0.15, 0.2) is 72.8 Å². The average Bonchev–Trinajstić information content (AvgIpc) is 3.51. The maximum Gasteiger partial charge on any atom is 0.332 e. The molecule has 4 aromatic rings. The van der Waals surface area contributed by atoms with Gasteiger partial charge in [-0.25, -0.2) is 9.69 Å². The standard InChI is InChI=1S/C33H33N5O4/c1-21-8-2-3-9-22(21)30-29-25(23-10-4-6-12-26(23)35-29)20-28-32(40)38(33(41)37(28)30)27-13-7-5-11-24(27)31(39)34-14-15-36-16-18-42-19-17-36/h2-13,28,30,35H,14-20H2,1H3,(H,34,39)/t28-,30-/m0/s1. The zero-order valence-corrected chi connectivity index (χ0v) is 23.5. The number of nitrogens with zero attached hydrogens (tertiary/aromatic N) is 3. The Morgan fingerprint density at radius 1 is 0.976 bits per heavy atom. The fourth-order valence-electron chi connectivity index (χ4n) is 6.62. The smallest absolute Gasteiger partial charge is 0.332 e. The van der Waals surface area contributed by atoms with Gasteiger partial charge in [-0.15, -0.1) is 0 Å². The summed E-state index contributed by atoms with van der Waals surface area (Å²) in [6, 6.07) is 21.3. The summed E-state index contributed by atoms with van der Waals surface area (Å²) >= 11 is 0. The van der Waals surface area contributed by atoms with Crippen LogP contribution >= 0.6 is 0 Å². The molecule has 7 rings (SSSR count). The molecule has 1 aromatic heterocycles. The van der Waals surface area contributed by atoms with Crippen molar-refractivity contribution in [2.75, 3.05) is 44.3 Å². The van der Waals surface area contributed by atoms with Crippen molar-refractivity contribution >= 4 is 34.4 Å². The van der Waals surface area contributed by atoms with Crippen LogP contribution in [0.25, 0.3) is 10.9 Å². The van der Waals surface area contributed by atoms with Gasteiger partial charge < -0.3 is 15.0 Å². The number of para-hydroxylation sites is 2. The number of rotatable bonds is 6. The fraction of sp³-hybridized carbons (Fsp3) is 0.303. The first-order valence-electron chi connectivity index (χ1n) is 14.5. The molecule has 2 atom stereocenters. The van der Waals surface area contributed by atoms with Gasteiger partial charge in [0.05, 0.1) is 24.5 Å². The molecule has 3 aliphatic heterocycles. The second-order valence-corrected chi connectivity index (χ2v) is 11.1. The van der Waals surface area contributed by atoms with Gasteiger partial charge in [0.2, 0.25) is 0 Å². The lowest BCUT2D eigenvalue weighted by molar-refractivity contribution is -0.120. The highest BCUT2D eigenvalue weighted by atomic mass is 16.5. The maximum absolute atomic E-state index is 14.3. The molecule has 9 heteroatoms. The van der Waals surface area contributed by atoms with Crippen molar-refractivity contribution in [2.24, 2.45) is 0 Å². The van der Waals surface area contributed by atoms with E-state index in [4.69, 9.17) is 4.74 Å². The number of hydrogen-bond acceptors (Lipinski definition) is 5. The lowest BCUT2D eigenvalue weighted by Crippen LogP contribution is -2.44. The molecular formula is C33H33N5O4. The largest absolute Gasteiger partial charge is 0.379 e. The van der Waals surface area contributed by atoms with Crippen LogP contribution in [0.1, 0.15) is 38.8 Å². The number of fused-ring (bicyclic) bond motifs is 4. The highest BCUT2D eigenvalue weighted by molar-refractivity contribution is 6.24. The third kappa shape index (κ3) is 4.36. The summed E-state index contributed by atoms with van der Waals surface area (Å²) in [5, 5.41) is 4.05. The molecule has 2 N–H and O–H groups in total. The summed E-state index contributed by atoms with van der Waals surface area (Å²) in [5.74, 6) is -0.626. The van der Waals surface area contributed by atoms with E-state index in [1.165, 1.54) is 4.90 Å². The molecule has 42 heavy (non-hydrogen) atoms. The number of ether oxygens (including phenoxy) is 1. The summed E-state index contributed by atoms with van der Waals surface area (Å²) in [6.07, 6.45) is 0.400. The number of morpholine rings is 1. The molecule has 4 heterocycles. The van der Waals surface area contributed by atoms with E-state index >= 15 is 0 Å². The lowest BCUT2D eigenvalue weighted by atomic mass is 9.87. The Balaban J connectivity index is 1.24. The van der Waals surface area contributed by atoms with Gasteiger partial charge in [0.25, 0.3) is 11.8 Å². The molecule has 4 amide bonds. The Hall–Kier alpha value is -4.47. The predicted molar refractivity (Wildman–Crippen MR) is 160 cm³/mol. The van der Waals surface area contributed by atoms with E-state index in [9.17, 15) is 14.4 Å². The van der Waals surface area contributed by atoms with Gasteiger partial charge in [-0.05, 0) is 41.8 Å². The number of amides is 4. The van der Waals surface area contributed by atoms with Crippen molar-refractivity contribution < 1.29 is 19.1 Å². The highest BCUT2D eigenvalue weighted by Crippen LogP contribution is 2.45. The van der Waals surface area contributed by atoms with Gasteiger partial charge in [-0.2, -0.15) is 0 Å². The minimum absolute atomic E-state index is 0.303. The zero-order valence-electron chi connectivity index (χ0n) is 23.5. The van der Waals surface area contributed by atoms with Crippen LogP contribution in [0.5, 0.6) is 0 Å². The molecule has 0 radical (unpaired) electrons. The van der Waals surface area contributed by atoms with Crippen LogP contribution in [0.4, 0.5) is 10.5 Å². The van der Waals surface area contributed by atoms with E-state index in [1.54, 1.807) is 29.2 Å². The Morgan fingerprint density at radius 3 is 2.55 bits per heavy atom. The Morgan fingerprint density at radius 2 is 1.71 bits per heavy atom. The molecular weight excluding hydrogens is 530 g/mol. The maximum atomic E-state index is 14.3. The number of H-pyrrole nitrogens is 1. The summed E-state index contributed by atoms with van der Waals surface area (Å²) < 4.78 is 5.40. The van der Waals surface area contributed by atoms with Crippen LogP contribution in [0, 0.1) is 6.92 Å². The minimum Gasteiger partial charge on any atom is -0.379 e. The summed E-state index contributed by atoms with van der Waals surface area (Å²) in [4.78, 5) is 50.6. The fourth-order valence-corrected chi connectivity index (χ4v) is 6.62. The van der Waals surface area contributed by atoms with E-state index in [2.05, 4.69) is 21.3 Å². The molecule has 214 valence electrons. The van der Waals surface area contributed by atoms with E-state index in [-0.39, 0.29) is 11.8 Å². The minimum atomic E-state index is -0.689. The van der Waals surface area contributed by atoms with Crippen LogP contribution in [0.2, 0.25) is 0 Å². The van der Waals surface area contributed by atoms with Gasteiger partial charge >= 0.3 is 6.03 Å². The van der Waals surface area contributed by atoms with E-state index in [0.717, 1.165) is 46.4 Å². The number of aromatic amines is 1. The number of carbonyl (C=O) groups excluding carboxylic acids is 3. The number of anilines is 1. The number of imide groups is 1. The summed E-state index contributed by atoms with van der Waals surface area (Å²) in [6.45, 7) is 6.24. The van der Waals surface area contributed by atoms with Crippen molar-refractivity contribution in [3.8, 4) is 0 Å². The number of aromatic nitrogens is 1. The van der Waals surface area contributed by atoms with Crippen LogP contribution < -0.4 is 10.2 Å². The lowest BCUT2D eigenvalue weighted by Gasteiger charge is -2.36. The first-order valence-corrected chi connectivity index (χ1v) is 14.5. The number of hydrogen-bond donors (Lipinski definition) is 2. The van der Waals surface area contributed by atoms with Crippen LogP contribution in [-0.2, 0) is 16.0 Å². The van der Waals surface area contributed by atoms with Gasteiger partial charge in [0.15, 0.2) is 0 Å². The molecule has 0 saturated carbocycles. The topological polar surface area (TPSA) is 98.0 Å². The molecule has 9 nitrogen and oxygen atoms in total. The van der Waals surface area contributed by atoms with Crippen molar-refractivity contribution in [3.05, 3.63) is 101 Å². The molecule has 0 bridgehead atoms. The predicted octanol–water partition coefficient (Wildman–Crippen LogP) is 4.02. The molecule has 2 fully saturated rings. The second-order valence-electron chi connectivity index (χ2n) is 11.1.